The van der Waals surface area contributed by atoms with Crippen molar-refractivity contribution in [3.05, 3.63) is 23.8 Å². The van der Waals surface area contributed by atoms with Crippen molar-refractivity contribution in [2.45, 2.75) is 18.9 Å². The normalized spacial score (nSPS) is 17.7. The lowest BCUT2D eigenvalue weighted by atomic mass is 10.0. The zero-order chi connectivity index (χ0) is 16.8. The summed E-state index contributed by atoms with van der Waals surface area (Å²) in [5.74, 6) is 0.112. The average Bonchev–Trinajstić information content (AvgIpc) is 3.00. The van der Waals surface area contributed by atoms with Crippen molar-refractivity contribution < 1.29 is 24.2 Å². The fourth-order valence-corrected chi connectivity index (χ4v) is 2.88. The van der Waals surface area contributed by atoms with Crippen molar-refractivity contribution in [3.63, 3.8) is 0 Å². The number of aliphatic carboxylic acids is 1. The average molecular weight is 322 g/mol. The molecule has 0 radical (unpaired) electrons. The summed E-state index contributed by atoms with van der Waals surface area (Å²) in [6.45, 7) is 0.608. The molecule has 1 atom stereocenters. The summed E-state index contributed by atoms with van der Waals surface area (Å²) in [4.78, 5) is 24.4. The summed E-state index contributed by atoms with van der Waals surface area (Å²) in [5, 5.41) is 11.0. The number of carbonyl (C=O) groups is 2. The van der Waals surface area contributed by atoms with Gasteiger partial charge in [-0.25, -0.2) is 0 Å². The van der Waals surface area contributed by atoms with Crippen LogP contribution in [0.3, 0.4) is 0 Å². The van der Waals surface area contributed by atoms with E-state index in [0.717, 1.165) is 30.7 Å². The first-order valence-corrected chi connectivity index (χ1v) is 7.49. The Morgan fingerprint density at radius 1 is 1.35 bits per heavy atom. The van der Waals surface area contributed by atoms with Crippen molar-refractivity contribution >= 4 is 11.9 Å². The topological polar surface area (TPSA) is 88.1 Å². The molecule has 0 saturated carbocycles. The van der Waals surface area contributed by atoms with Gasteiger partial charge in [-0.1, -0.05) is 6.07 Å². The molecule has 0 aromatic heterocycles. The number of ether oxygens (including phenoxy) is 2. The fourth-order valence-electron chi connectivity index (χ4n) is 2.88. The number of carboxylic acid groups (broad SMARTS) is 1. The second-order valence-corrected chi connectivity index (χ2v) is 5.41. The van der Waals surface area contributed by atoms with Gasteiger partial charge in [0.1, 0.15) is 18.0 Å². The molecule has 1 fully saturated rings. The number of amides is 1. The number of nitrogens with one attached hydrogen (secondary N) is 1. The van der Waals surface area contributed by atoms with Crippen molar-refractivity contribution in [1.82, 2.24) is 10.2 Å². The Morgan fingerprint density at radius 2 is 2.13 bits per heavy atom. The molecule has 2 N–H and O–H groups in total. The van der Waals surface area contributed by atoms with Crippen molar-refractivity contribution in [1.29, 1.82) is 0 Å². The molecule has 7 nitrogen and oxygen atoms in total. The summed E-state index contributed by atoms with van der Waals surface area (Å²) < 4.78 is 10.7. The highest BCUT2D eigenvalue weighted by atomic mass is 16.5. The van der Waals surface area contributed by atoms with E-state index < -0.39 is 5.97 Å². The van der Waals surface area contributed by atoms with Crippen LogP contribution in [0.25, 0.3) is 0 Å². The highest BCUT2D eigenvalue weighted by Crippen LogP contribution is 2.38. The highest BCUT2D eigenvalue weighted by Gasteiger charge is 2.29. The number of hydrogen-bond acceptors (Lipinski definition) is 5. The molecule has 1 amide bonds. The molecule has 2 rings (SSSR count). The minimum atomic E-state index is -1.05. The smallest absolute Gasteiger partial charge is 0.322 e. The van der Waals surface area contributed by atoms with Crippen molar-refractivity contribution in [3.8, 4) is 11.5 Å². The van der Waals surface area contributed by atoms with Gasteiger partial charge in [0.15, 0.2) is 0 Å². The fraction of sp³-hybridized carbons (Fsp3) is 0.500. The van der Waals surface area contributed by atoms with E-state index in [-0.39, 0.29) is 25.0 Å². The molecular formula is C16H22N2O5. The van der Waals surface area contributed by atoms with Crippen LogP contribution >= 0.6 is 0 Å². The van der Waals surface area contributed by atoms with Gasteiger partial charge in [-0.3, -0.25) is 14.5 Å². The maximum absolute atomic E-state index is 11.9. The summed E-state index contributed by atoms with van der Waals surface area (Å²) in [6.07, 6.45) is 1.90. The van der Waals surface area contributed by atoms with Crippen LogP contribution in [0.2, 0.25) is 0 Å². The second kappa shape index (κ2) is 7.82. The third-order valence-electron chi connectivity index (χ3n) is 3.95. The van der Waals surface area contributed by atoms with E-state index in [9.17, 15) is 9.59 Å². The number of carboxylic acids is 1. The Morgan fingerprint density at radius 3 is 2.78 bits per heavy atom. The largest absolute Gasteiger partial charge is 0.497 e. The zero-order valence-electron chi connectivity index (χ0n) is 13.4. The van der Waals surface area contributed by atoms with Gasteiger partial charge < -0.3 is 19.9 Å². The third kappa shape index (κ3) is 4.35. The predicted molar refractivity (Wildman–Crippen MR) is 83.7 cm³/mol. The van der Waals surface area contributed by atoms with E-state index in [1.54, 1.807) is 14.2 Å². The maximum Gasteiger partial charge on any atom is 0.322 e. The van der Waals surface area contributed by atoms with E-state index in [4.69, 9.17) is 14.6 Å². The van der Waals surface area contributed by atoms with Crippen LogP contribution in [0.1, 0.15) is 24.4 Å². The molecule has 1 aromatic carbocycles. The second-order valence-electron chi connectivity index (χ2n) is 5.41. The van der Waals surface area contributed by atoms with Crippen molar-refractivity contribution in [2.24, 2.45) is 0 Å². The first-order valence-electron chi connectivity index (χ1n) is 7.49. The predicted octanol–water partition coefficient (Wildman–Crippen LogP) is 1.04. The molecule has 23 heavy (non-hydrogen) atoms. The number of nitrogens with zero attached hydrogens (tertiary/aromatic N) is 1. The monoisotopic (exact) mass is 322 g/mol. The first kappa shape index (κ1) is 17.1. The number of benzene rings is 1. The third-order valence-corrected chi connectivity index (χ3v) is 3.95. The number of hydrogen-bond donors (Lipinski definition) is 2. The number of carbonyl (C=O) groups excluding carboxylic acids is 1. The molecule has 1 aliphatic heterocycles. The molecule has 1 aromatic rings. The lowest BCUT2D eigenvalue weighted by molar-refractivity contribution is -0.138. The van der Waals surface area contributed by atoms with Crippen LogP contribution in [-0.4, -0.2) is 55.7 Å². The highest BCUT2D eigenvalue weighted by molar-refractivity contribution is 5.82. The van der Waals surface area contributed by atoms with E-state index in [0.29, 0.717) is 5.75 Å². The molecule has 0 bridgehead atoms. The molecule has 7 heteroatoms. The summed E-state index contributed by atoms with van der Waals surface area (Å²) in [5.41, 5.74) is 1.01. The number of rotatable bonds is 7. The lowest BCUT2D eigenvalue weighted by Gasteiger charge is -2.25. The molecule has 0 aliphatic carbocycles. The molecule has 0 spiro atoms. The van der Waals surface area contributed by atoms with Gasteiger partial charge in [-0.05, 0) is 25.5 Å². The Labute approximate surface area is 135 Å². The summed E-state index contributed by atoms with van der Waals surface area (Å²) in [7, 11) is 3.21. The van der Waals surface area contributed by atoms with Gasteiger partial charge >= 0.3 is 5.97 Å². The summed E-state index contributed by atoms with van der Waals surface area (Å²) >= 11 is 0. The van der Waals surface area contributed by atoms with Crippen LogP contribution in [0.5, 0.6) is 11.5 Å². The Bertz CT molecular complexity index is 576. The maximum atomic E-state index is 11.9. The Balaban J connectivity index is 2.09. The van der Waals surface area contributed by atoms with E-state index in [1.165, 1.54) is 0 Å². The van der Waals surface area contributed by atoms with E-state index in [2.05, 4.69) is 5.32 Å². The van der Waals surface area contributed by atoms with Crippen LogP contribution in [0, 0.1) is 0 Å². The Hall–Kier alpha value is -2.28. The van der Waals surface area contributed by atoms with Crippen LogP contribution in [0.4, 0.5) is 0 Å². The minimum Gasteiger partial charge on any atom is -0.497 e. The molecule has 1 unspecified atom stereocenters. The van der Waals surface area contributed by atoms with Crippen molar-refractivity contribution in [2.75, 3.05) is 33.9 Å². The molecule has 1 heterocycles. The quantitative estimate of drug-likeness (QED) is 0.780. The number of likely N-dealkylation sites (tertiary alicyclic amines) is 1. The molecule has 1 aliphatic rings. The van der Waals surface area contributed by atoms with Crippen LogP contribution in [0.15, 0.2) is 18.2 Å². The molecule has 1 saturated heterocycles. The van der Waals surface area contributed by atoms with E-state index in [1.807, 2.05) is 23.1 Å². The van der Waals surface area contributed by atoms with Gasteiger partial charge in [0.25, 0.3) is 0 Å². The summed E-state index contributed by atoms with van der Waals surface area (Å²) in [6, 6.07) is 5.73. The van der Waals surface area contributed by atoms with Crippen LogP contribution in [-0.2, 0) is 9.59 Å². The van der Waals surface area contributed by atoms with Gasteiger partial charge in [-0.2, -0.15) is 0 Å². The van der Waals surface area contributed by atoms with Crippen LogP contribution < -0.4 is 14.8 Å². The van der Waals surface area contributed by atoms with Gasteiger partial charge in [0, 0.05) is 17.7 Å². The standard InChI is InChI=1S/C16H22N2O5/c1-22-11-5-6-12(14(8-11)23-2)13-4-3-7-18(13)10-15(19)17-9-16(20)21/h5-6,8,13H,3-4,7,9-10H2,1-2H3,(H,17,19)(H,20,21). The first-order chi connectivity index (χ1) is 11.0. The Kier molecular flexibility index (Phi) is 5.81. The van der Waals surface area contributed by atoms with E-state index >= 15 is 0 Å². The molecule has 126 valence electrons. The van der Waals surface area contributed by atoms with Gasteiger partial charge in [-0.15, -0.1) is 0 Å². The SMILES string of the molecule is COc1ccc(C2CCCN2CC(=O)NCC(=O)O)c(OC)c1. The zero-order valence-corrected chi connectivity index (χ0v) is 13.4. The van der Waals surface area contributed by atoms with Gasteiger partial charge in [0.2, 0.25) is 5.91 Å². The molecular weight excluding hydrogens is 300 g/mol. The van der Waals surface area contributed by atoms with Gasteiger partial charge in [0.05, 0.1) is 20.8 Å². The lowest BCUT2D eigenvalue weighted by Crippen LogP contribution is -2.39. The number of methoxy groups -OCH3 is 2. The minimum absolute atomic E-state index is 0.0754.